The van der Waals surface area contributed by atoms with Crippen molar-refractivity contribution >= 4 is 23.7 Å². The van der Waals surface area contributed by atoms with Gasteiger partial charge in [-0.25, -0.2) is 9.97 Å². The third kappa shape index (κ3) is 6.69. The molecule has 2 saturated heterocycles. The van der Waals surface area contributed by atoms with Crippen LogP contribution in [0.5, 0.6) is 11.5 Å². The maximum Gasteiger partial charge on any atom is 0.258 e. The Labute approximate surface area is 249 Å². The summed E-state index contributed by atoms with van der Waals surface area (Å²) in [5.74, 6) is 0.842. The Kier molecular flexibility index (Phi) is 8.36. The number of carbonyl (C=O) groups excluding carboxylic acids is 3. The zero-order valence-corrected chi connectivity index (χ0v) is 24.0. The smallest absolute Gasteiger partial charge is 0.258 e. The zero-order valence-electron chi connectivity index (χ0n) is 24.0. The van der Waals surface area contributed by atoms with Crippen molar-refractivity contribution in [2.24, 2.45) is 0 Å². The molecule has 3 aromatic rings. The molecule has 1 aromatic heterocycles. The number of carbonyl (C=O) groups is 3. The number of hydrogen-bond donors (Lipinski definition) is 2. The molecule has 4 aliphatic heterocycles. The van der Waals surface area contributed by atoms with Gasteiger partial charge in [0.25, 0.3) is 17.7 Å². The van der Waals surface area contributed by atoms with Crippen LogP contribution in [0, 0.1) is 6.92 Å². The summed E-state index contributed by atoms with van der Waals surface area (Å²) >= 11 is 0. The molecule has 12 heteroatoms. The van der Waals surface area contributed by atoms with Crippen molar-refractivity contribution in [3.05, 3.63) is 77.1 Å². The van der Waals surface area contributed by atoms with Crippen LogP contribution >= 0.6 is 0 Å². The van der Waals surface area contributed by atoms with Crippen molar-refractivity contribution in [2.45, 2.75) is 32.0 Å². The first-order valence-corrected chi connectivity index (χ1v) is 14.4. The van der Waals surface area contributed by atoms with Gasteiger partial charge in [0.05, 0.1) is 24.8 Å². The second kappa shape index (κ2) is 12.7. The first kappa shape index (κ1) is 28.4. The van der Waals surface area contributed by atoms with E-state index in [0.717, 1.165) is 11.1 Å². The van der Waals surface area contributed by atoms with E-state index in [1.54, 1.807) is 35.5 Å². The minimum absolute atomic E-state index is 0.175. The molecular weight excluding hydrogens is 552 g/mol. The summed E-state index contributed by atoms with van der Waals surface area (Å²) in [6, 6.07) is 12.1. The van der Waals surface area contributed by atoms with Crippen LogP contribution in [0.25, 0.3) is 0 Å². The summed E-state index contributed by atoms with van der Waals surface area (Å²) in [6.07, 6.45) is 3.23. The average molecular weight is 587 g/mol. The molecule has 2 fully saturated rings. The van der Waals surface area contributed by atoms with Gasteiger partial charge >= 0.3 is 0 Å². The monoisotopic (exact) mass is 586 g/mol. The lowest BCUT2D eigenvalue weighted by molar-refractivity contribution is -0.123. The predicted molar refractivity (Wildman–Crippen MR) is 156 cm³/mol. The van der Waals surface area contributed by atoms with Gasteiger partial charge in [0.2, 0.25) is 5.95 Å². The van der Waals surface area contributed by atoms with Gasteiger partial charge in [-0.2, -0.15) is 0 Å². The highest BCUT2D eigenvalue weighted by atomic mass is 16.5. The van der Waals surface area contributed by atoms with Crippen molar-refractivity contribution in [3.8, 4) is 11.5 Å². The van der Waals surface area contributed by atoms with Gasteiger partial charge in [0.15, 0.2) is 6.61 Å². The number of aryl methyl sites for hydroxylation is 1. The molecule has 2 N–H and O–H groups in total. The molecule has 0 aliphatic carbocycles. The van der Waals surface area contributed by atoms with Gasteiger partial charge in [0.1, 0.15) is 17.6 Å². The molecule has 4 bridgehead atoms. The number of nitrogens with one attached hydrogen (secondary N) is 2. The van der Waals surface area contributed by atoms with Crippen LogP contribution in [0.4, 0.5) is 5.95 Å². The number of likely N-dealkylation sites (tertiary alicyclic amines) is 1. The molecule has 43 heavy (non-hydrogen) atoms. The lowest BCUT2D eigenvalue weighted by Gasteiger charge is -2.39. The first-order chi connectivity index (χ1) is 20.9. The van der Waals surface area contributed by atoms with Crippen LogP contribution in [-0.4, -0.2) is 90.7 Å². The maximum atomic E-state index is 13.5. The Morgan fingerprint density at radius 3 is 2.53 bits per heavy atom. The molecule has 0 spiro atoms. The van der Waals surface area contributed by atoms with E-state index in [-0.39, 0.29) is 37.0 Å². The molecule has 3 amide bonds. The number of ether oxygens (including phenoxy) is 3. The van der Waals surface area contributed by atoms with Gasteiger partial charge in [-0.3, -0.25) is 14.4 Å². The third-order valence-corrected chi connectivity index (χ3v) is 7.84. The predicted octanol–water partition coefficient (Wildman–Crippen LogP) is 1.72. The van der Waals surface area contributed by atoms with Crippen molar-refractivity contribution < 1.29 is 28.6 Å². The molecule has 2 aromatic carbocycles. The van der Waals surface area contributed by atoms with Gasteiger partial charge in [-0.1, -0.05) is 18.2 Å². The molecule has 5 heterocycles. The molecule has 12 nitrogen and oxygen atoms in total. The summed E-state index contributed by atoms with van der Waals surface area (Å²) in [5.41, 5.74) is 2.47. The molecule has 4 aliphatic rings. The Morgan fingerprint density at radius 2 is 1.77 bits per heavy atom. The highest BCUT2D eigenvalue weighted by Crippen LogP contribution is 2.24. The van der Waals surface area contributed by atoms with E-state index in [9.17, 15) is 14.4 Å². The topological polar surface area (TPSA) is 135 Å². The third-order valence-electron chi connectivity index (χ3n) is 7.84. The summed E-state index contributed by atoms with van der Waals surface area (Å²) in [5, 5.41) is 5.93. The van der Waals surface area contributed by atoms with Crippen LogP contribution in [0.1, 0.15) is 38.3 Å². The largest absolute Gasteiger partial charge is 0.488 e. The van der Waals surface area contributed by atoms with Crippen LogP contribution in [0.3, 0.4) is 0 Å². The standard InChI is InChI=1S/C31H34N6O6/c1-20-2-5-22-14-27(20)42-19-28(38)32-15-21-3-6-24(7-4-21)43-26-8-9-37(18-25(26)35-29(22)39)30(40)23-16-33-31(34-17-23)36-10-12-41-13-11-36/h2-7,14,16-17,25-26H,8-13,15,18-19H2,1H3,(H,32,38)(H,35,39)/t25-,26-/m0/s1. The fraction of sp³-hybridized carbons (Fsp3) is 0.387. The first-order valence-electron chi connectivity index (χ1n) is 14.4. The fourth-order valence-electron chi connectivity index (χ4n) is 5.34. The van der Waals surface area contributed by atoms with Crippen LogP contribution in [-0.2, 0) is 16.1 Å². The lowest BCUT2D eigenvalue weighted by Crippen LogP contribution is -2.58. The van der Waals surface area contributed by atoms with Crippen molar-refractivity contribution in [2.75, 3.05) is 50.9 Å². The number of amides is 3. The molecule has 224 valence electrons. The fourth-order valence-corrected chi connectivity index (χ4v) is 5.34. The second-order valence-electron chi connectivity index (χ2n) is 10.8. The maximum absolute atomic E-state index is 13.5. The number of rotatable bonds is 2. The van der Waals surface area contributed by atoms with Crippen LogP contribution in [0.2, 0.25) is 0 Å². The van der Waals surface area contributed by atoms with Gasteiger partial charge in [-0.05, 0) is 42.3 Å². The number of anilines is 1. The minimum atomic E-state index is -0.497. The lowest BCUT2D eigenvalue weighted by atomic mass is 10.00. The van der Waals surface area contributed by atoms with Crippen molar-refractivity contribution in [3.63, 3.8) is 0 Å². The Bertz CT molecular complexity index is 1480. The Balaban J connectivity index is 1.23. The molecule has 7 rings (SSSR count). The van der Waals surface area contributed by atoms with Crippen molar-refractivity contribution in [1.29, 1.82) is 0 Å². The summed E-state index contributed by atoms with van der Waals surface area (Å²) < 4.78 is 17.5. The minimum Gasteiger partial charge on any atom is -0.488 e. The van der Waals surface area contributed by atoms with E-state index in [4.69, 9.17) is 14.2 Å². The normalized spacial score (nSPS) is 21.0. The SMILES string of the molecule is Cc1ccc2cc1OCC(=O)NCc1ccc(cc1)O[C@H]1CCN(C(=O)c3cnc(N4CCOCC4)nc3)C[C@@H]1NC2=O. The van der Waals surface area contributed by atoms with E-state index < -0.39 is 6.04 Å². The summed E-state index contributed by atoms with van der Waals surface area (Å²) in [6.45, 7) is 5.35. The summed E-state index contributed by atoms with van der Waals surface area (Å²) in [4.78, 5) is 51.9. The van der Waals surface area contributed by atoms with Gasteiger partial charge in [0, 0.05) is 57.1 Å². The van der Waals surface area contributed by atoms with E-state index in [2.05, 4.69) is 20.6 Å². The number of aromatic nitrogens is 2. The number of benzene rings is 2. The highest BCUT2D eigenvalue weighted by Gasteiger charge is 2.35. The number of hydrogen-bond acceptors (Lipinski definition) is 9. The van der Waals surface area contributed by atoms with E-state index in [1.807, 2.05) is 36.1 Å². The number of fused-ring (bicyclic) bond motifs is 7. The average Bonchev–Trinajstić information content (AvgIpc) is 3.04. The number of nitrogens with zero attached hydrogens (tertiary/aromatic N) is 4. The van der Waals surface area contributed by atoms with E-state index in [0.29, 0.717) is 74.4 Å². The van der Waals surface area contributed by atoms with Gasteiger partial charge < -0.3 is 34.6 Å². The Morgan fingerprint density at radius 1 is 1.00 bits per heavy atom. The number of piperidine rings is 1. The zero-order chi connectivity index (χ0) is 29.8. The second-order valence-corrected chi connectivity index (χ2v) is 10.8. The van der Waals surface area contributed by atoms with Crippen LogP contribution < -0.4 is 25.0 Å². The van der Waals surface area contributed by atoms with E-state index >= 15 is 0 Å². The molecule has 0 saturated carbocycles. The molecular formula is C31H34N6O6. The molecule has 0 unspecified atom stereocenters. The quantitative estimate of drug-likeness (QED) is 0.460. The molecule has 0 radical (unpaired) electrons. The highest BCUT2D eigenvalue weighted by molar-refractivity contribution is 5.96. The van der Waals surface area contributed by atoms with Crippen molar-refractivity contribution in [1.82, 2.24) is 25.5 Å². The van der Waals surface area contributed by atoms with Crippen LogP contribution in [0.15, 0.2) is 54.9 Å². The summed E-state index contributed by atoms with van der Waals surface area (Å²) in [7, 11) is 0. The van der Waals surface area contributed by atoms with Gasteiger partial charge in [-0.15, -0.1) is 0 Å². The molecule has 2 atom stereocenters. The number of morpholine rings is 1. The van der Waals surface area contributed by atoms with E-state index in [1.165, 1.54) is 0 Å². The Hall–Kier alpha value is -4.71.